The Balaban J connectivity index is 1.34. The second-order valence-electron chi connectivity index (χ2n) is 6.84. The SMILES string of the molecule is O=C(CCc1cccc2ccccc12)N1CCN(c2ccccc2)CC1. The van der Waals surface area contributed by atoms with Crippen molar-refractivity contribution in [3.63, 3.8) is 0 Å². The molecule has 4 rings (SSSR count). The Morgan fingerprint density at radius 3 is 2.27 bits per heavy atom. The molecule has 1 aliphatic rings. The first-order valence-electron chi connectivity index (χ1n) is 9.36. The van der Waals surface area contributed by atoms with E-state index < -0.39 is 0 Å². The lowest BCUT2D eigenvalue weighted by Gasteiger charge is -2.36. The van der Waals surface area contributed by atoms with Crippen LogP contribution in [0.15, 0.2) is 72.8 Å². The number of rotatable bonds is 4. The maximum absolute atomic E-state index is 12.7. The molecule has 1 aliphatic heterocycles. The number of carbonyl (C=O) groups excluding carboxylic acids is 1. The van der Waals surface area contributed by atoms with Crippen LogP contribution in [0.2, 0.25) is 0 Å². The fourth-order valence-corrected chi connectivity index (χ4v) is 3.76. The lowest BCUT2D eigenvalue weighted by Crippen LogP contribution is -2.48. The molecule has 3 aromatic rings. The summed E-state index contributed by atoms with van der Waals surface area (Å²) in [4.78, 5) is 17.0. The van der Waals surface area contributed by atoms with E-state index in [1.165, 1.54) is 22.0 Å². The third-order valence-corrected chi connectivity index (χ3v) is 5.24. The van der Waals surface area contributed by atoms with Crippen molar-refractivity contribution in [3.05, 3.63) is 78.4 Å². The maximum atomic E-state index is 12.7. The third kappa shape index (κ3) is 3.57. The van der Waals surface area contributed by atoms with Crippen LogP contribution >= 0.6 is 0 Å². The quantitative estimate of drug-likeness (QED) is 0.711. The molecule has 0 bridgehead atoms. The zero-order chi connectivity index (χ0) is 17.8. The Bertz CT molecular complexity index is 878. The molecule has 1 amide bonds. The minimum atomic E-state index is 0.269. The van der Waals surface area contributed by atoms with E-state index >= 15 is 0 Å². The molecular weight excluding hydrogens is 320 g/mol. The summed E-state index contributed by atoms with van der Waals surface area (Å²) in [6.07, 6.45) is 1.39. The predicted octanol–water partition coefficient (Wildman–Crippen LogP) is 4.12. The van der Waals surface area contributed by atoms with Crippen LogP contribution in [0.3, 0.4) is 0 Å². The normalized spacial score (nSPS) is 14.6. The number of hydrogen-bond donors (Lipinski definition) is 0. The molecule has 1 saturated heterocycles. The molecule has 3 nitrogen and oxygen atoms in total. The van der Waals surface area contributed by atoms with Crippen LogP contribution in [0.1, 0.15) is 12.0 Å². The fourth-order valence-electron chi connectivity index (χ4n) is 3.76. The second-order valence-corrected chi connectivity index (χ2v) is 6.84. The van der Waals surface area contributed by atoms with E-state index in [1.54, 1.807) is 0 Å². The highest BCUT2D eigenvalue weighted by Crippen LogP contribution is 2.21. The van der Waals surface area contributed by atoms with Crippen molar-refractivity contribution in [1.29, 1.82) is 0 Å². The molecule has 0 aliphatic carbocycles. The van der Waals surface area contributed by atoms with E-state index in [4.69, 9.17) is 0 Å². The van der Waals surface area contributed by atoms with Gasteiger partial charge in [-0.05, 0) is 34.9 Å². The van der Waals surface area contributed by atoms with Crippen molar-refractivity contribution in [2.24, 2.45) is 0 Å². The van der Waals surface area contributed by atoms with E-state index in [-0.39, 0.29) is 5.91 Å². The summed E-state index contributed by atoms with van der Waals surface area (Å²) >= 11 is 0. The molecule has 0 N–H and O–H groups in total. The second kappa shape index (κ2) is 7.61. The van der Waals surface area contributed by atoms with Gasteiger partial charge in [0.15, 0.2) is 0 Å². The third-order valence-electron chi connectivity index (χ3n) is 5.24. The van der Waals surface area contributed by atoms with Gasteiger partial charge >= 0.3 is 0 Å². The van der Waals surface area contributed by atoms with Crippen LogP contribution < -0.4 is 4.90 Å². The summed E-state index contributed by atoms with van der Waals surface area (Å²) in [5.74, 6) is 0.269. The van der Waals surface area contributed by atoms with Crippen LogP contribution in [0.4, 0.5) is 5.69 Å². The van der Waals surface area contributed by atoms with Gasteiger partial charge in [0.25, 0.3) is 0 Å². The monoisotopic (exact) mass is 344 g/mol. The van der Waals surface area contributed by atoms with E-state index in [9.17, 15) is 4.79 Å². The highest BCUT2D eigenvalue weighted by atomic mass is 16.2. The number of piperazine rings is 1. The van der Waals surface area contributed by atoms with E-state index in [2.05, 4.69) is 71.6 Å². The molecule has 0 atom stereocenters. The van der Waals surface area contributed by atoms with Crippen molar-refractivity contribution >= 4 is 22.4 Å². The Hall–Kier alpha value is -2.81. The molecule has 1 heterocycles. The Morgan fingerprint density at radius 2 is 1.46 bits per heavy atom. The molecule has 0 radical (unpaired) electrons. The minimum absolute atomic E-state index is 0.269. The van der Waals surface area contributed by atoms with Gasteiger partial charge in [0.1, 0.15) is 0 Å². The van der Waals surface area contributed by atoms with Crippen LogP contribution in [-0.2, 0) is 11.2 Å². The number of hydrogen-bond acceptors (Lipinski definition) is 2. The van der Waals surface area contributed by atoms with Crippen molar-refractivity contribution < 1.29 is 4.79 Å². The summed E-state index contributed by atoms with van der Waals surface area (Å²) in [6.45, 7) is 3.43. The smallest absolute Gasteiger partial charge is 0.223 e. The highest BCUT2D eigenvalue weighted by Gasteiger charge is 2.21. The first kappa shape index (κ1) is 16.6. The highest BCUT2D eigenvalue weighted by molar-refractivity contribution is 5.86. The van der Waals surface area contributed by atoms with Crippen molar-refractivity contribution in [3.8, 4) is 0 Å². The number of nitrogens with zero attached hydrogens (tertiary/aromatic N) is 2. The Labute approximate surface area is 154 Å². The summed E-state index contributed by atoms with van der Waals surface area (Å²) in [5, 5.41) is 2.51. The lowest BCUT2D eigenvalue weighted by atomic mass is 10.0. The van der Waals surface area contributed by atoms with Crippen molar-refractivity contribution in [2.75, 3.05) is 31.1 Å². The summed E-state index contributed by atoms with van der Waals surface area (Å²) in [7, 11) is 0. The van der Waals surface area contributed by atoms with E-state index in [0.29, 0.717) is 6.42 Å². The Kier molecular flexibility index (Phi) is 4.87. The number of aryl methyl sites for hydroxylation is 1. The number of carbonyl (C=O) groups is 1. The molecule has 26 heavy (non-hydrogen) atoms. The molecule has 132 valence electrons. The van der Waals surface area contributed by atoms with E-state index in [0.717, 1.165) is 32.6 Å². The van der Waals surface area contributed by atoms with E-state index in [1.807, 2.05) is 11.0 Å². The average Bonchev–Trinajstić information content (AvgIpc) is 2.73. The van der Waals surface area contributed by atoms with Gasteiger partial charge in [-0.25, -0.2) is 0 Å². The fraction of sp³-hybridized carbons (Fsp3) is 0.261. The summed E-state index contributed by atoms with van der Waals surface area (Å²) in [6, 6.07) is 25.2. The molecule has 0 saturated carbocycles. The van der Waals surface area contributed by atoms with Crippen molar-refractivity contribution in [1.82, 2.24) is 4.90 Å². The number of anilines is 1. The molecule has 1 fully saturated rings. The molecule has 0 spiro atoms. The Morgan fingerprint density at radius 1 is 0.769 bits per heavy atom. The van der Waals surface area contributed by atoms with Gasteiger partial charge in [-0.3, -0.25) is 4.79 Å². The predicted molar refractivity (Wildman–Crippen MR) is 108 cm³/mol. The van der Waals surface area contributed by atoms with Gasteiger partial charge in [0.05, 0.1) is 0 Å². The molecule has 0 aromatic heterocycles. The van der Waals surface area contributed by atoms with Gasteiger partial charge in [0, 0.05) is 38.3 Å². The van der Waals surface area contributed by atoms with Gasteiger partial charge < -0.3 is 9.80 Å². The number of para-hydroxylation sites is 1. The van der Waals surface area contributed by atoms with Gasteiger partial charge in [0.2, 0.25) is 5.91 Å². The minimum Gasteiger partial charge on any atom is -0.368 e. The van der Waals surface area contributed by atoms with Crippen LogP contribution in [0.25, 0.3) is 10.8 Å². The zero-order valence-corrected chi connectivity index (χ0v) is 15.0. The molecule has 3 heteroatoms. The number of benzene rings is 3. The molecule has 3 aromatic carbocycles. The van der Waals surface area contributed by atoms with Crippen LogP contribution in [-0.4, -0.2) is 37.0 Å². The van der Waals surface area contributed by atoms with Crippen LogP contribution in [0.5, 0.6) is 0 Å². The largest absolute Gasteiger partial charge is 0.368 e. The van der Waals surface area contributed by atoms with Gasteiger partial charge in [-0.15, -0.1) is 0 Å². The van der Waals surface area contributed by atoms with Gasteiger partial charge in [-0.2, -0.15) is 0 Å². The summed E-state index contributed by atoms with van der Waals surface area (Å²) in [5.41, 5.74) is 2.51. The molecular formula is C23H24N2O. The first-order chi connectivity index (χ1) is 12.8. The maximum Gasteiger partial charge on any atom is 0.223 e. The first-order valence-corrected chi connectivity index (χ1v) is 9.36. The molecule has 0 unspecified atom stereocenters. The zero-order valence-electron chi connectivity index (χ0n) is 15.0. The number of fused-ring (bicyclic) bond motifs is 1. The topological polar surface area (TPSA) is 23.6 Å². The standard InChI is InChI=1S/C23H24N2O/c26-23(14-13-20-9-6-8-19-7-4-5-12-22(19)20)25-17-15-24(16-18-25)21-10-2-1-3-11-21/h1-12H,13-18H2. The number of amides is 1. The van der Waals surface area contributed by atoms with Crippen LogP contribution in [0, 0.1) is 0 Å². The van der Waals surface area contributed by atoms with Crippen molar-refractivity contribution in [2.45, 2.75) is 12.8 Å². The lowest BCUT2D eigenvalue weighted by molar-refractivity contribution is -0.131. The summed E-state index contributed by atoms with van der Waals surface area (Å²) < 4.78 is 0. The average molecular weight is 344 g/mol. The van der Waals surface area contributed by atoms with Gasteiger partial charge in [-0.1, -0.05) is 60.7 Å².